The van der Waals surface area contributed by atoms with Gasteiger partial charge in [0.05, 0.1) is 0 Å². The molecule has 1 aliphatic carbocycles. The van der Waals surface area contributed by atoms with E-state index >= 15 is 0 Å². The molecule has 4 heteroatoms. The van der Waals surface area contributed by atoms with Gasteiger partial charge in [0.15, 0.2) is 0 Å². The highest BCUT2D eigenvalue weighted by Crippen LogP contribution is 2.47. The second-order valence-electron chi connectivity index (χ2n) is 6.86. The average Bonchev–Trinajstić information content (AvgIpc) is 3.21. The van der Waals surface area contributed by atoms with Gasteiger partial charge in [-0.05, 0) is 50.7 Å². The lowest BCUT2D eigenvalue weighted by Gasteiger charge is -2.20. The molecular weight excluding hydrogens is 276 g/mol. The first kappa shape index (κ1) is 16.5. The number of anilines is 1. The number of carbonyl (C=O) groups is 2. The summed E-state index contributed by atoms with van der Waals surface area (Å²) in [5.74, 6) is -0.0172. The summed E-state index contributed by atoms with van der Waals surface area (Å²) in [4.78, 5) is 25.0. The monoisotopic (exact) mass is 302 g/mol. The molecular formula is C18H26N2O2. The van der Waals surface area contributed by atoms with Gasteiger partial charge in [-0.25, -0.2) is 0 Å². The van der Waals surface area contributed by atoms with E-state index in [-0.39, 0.29) is 17.9 Å². The summed E-state index contributed by atoms with van der Waals surface area (Å²) in [6.45, 7) is 10.00. The standard InChI is InChI=1S/C18H26N2O2/c1-11(2)14-8-6-7-13(5)15(14)20-17(22)18(9-10-18)16(21)19-12(3)4/h6-8,11-12H,9-10H2,1-5H3,(H,19,21)(H,20,22). The molecule has 1 aliphatic rings. The Bertz CT molecular complexity index is 587. The van der Waals surface area contributed by atoms with E-state index in [1.807, 2.05) is 39.0 Å². The van der Waals surface area contributed by atoms with E-state index in [0.29, 0.717) is 18.8 Å². The average molecular weight is 302 g/mol. The third-order valence-corrected chi connectivity index (χ3v) is 4.20. The number of rotatable bonds is 5. The van der Waals surface area contributed by atoms with Crippen LogP contribution >= 0.6 is 0 Å². The number of carbonyl (C=O) groups excluding carboxylic acids is 2. The highest BCUT2D eigenvalue weighted by atomic mass is 16.2. The number of benzene rings is 1. The van der Waals surface area contributed by atoms with E-state index in [9.17, 15) is 9.59 Å². The van der Waals surface area contributed by atoms with Gasteiger partial charge in [0.2, 0.25) is 11.8 Å². The fraction of sp³-hybridized carbons (Fsp3) is 0.556. The maximum Gasteiger partial charge on any atom is 0.240 e. The van der Waals surface area contributed by atoms with Gasteiger partial charge in [0.25, 0.3) is 0 Å². The Morgan fingerprint density at radius 3 is 2.23 bits per heavy atom. The number of nitrogens with one attached hydrogen (secondary N) is 2. The Labute approximate surface area is 132 Å². The minimum atomic E-state index is -0.874. The topological polar surface area (TPSA) is 58.2 Å². The molecule has 0 aromatic heterocycles. The Kier molecular flexibility index (Phi) is 4.59. The largest absolute Gasteiger partial charge is 0.353 e. The van der Waals surface area contributed by atoms with Crippen molar-refractivity contribution in [1.29, 1.82) is 0 Å². The van der Waals surface area contributed by atoms with E-state index in [2.05, 4.69) is 24.5 Å². The predicted octanol–water partition coefficient (Wildman–Crippen LogP) is 3.36. The zero-order valence-corrected chi connectivity index (χ0v) is 14.1. The van der Waals surface area contributed by atoms with Crippen LogP contribution in [0, 0.1) is 12.3 Å². The maximum atomic E-state index is 12.7. The predicted molar refractivity (Wildman–Crippen MR) is 88.8 cm³/mol. The molecule has 22 heavy (non-hydrogen) atoms. The first-order valence-electron chi connectivity index (χ1n) is 8.00. The molecule has 0 radical (unpaired) electrons. The smallest absolute Gasteiger partial charge is 0.240 e. The highest BCUT2D eigenvalue weighted by Gasteiger charge is 2.56. The summed E-state index contributed by atoms with van der Waals surface area (Å²) in [7, 11) is 0. The van der Waals surface area contributed by atoms with Gasteiger partial charge in [-0.3, -0.25) is 9.59 Å². The lowest BCUT2D eigenvalue weighted by Crippen LogP contribution is -2.42. The van der Waals surface area contributed by atoms with Gasteiger partial charge in [-0.2, -0.15) is 0 Å². The molecule has 2 amide bonds. The second kappa shape index (κ2) is 6.11. The van der Waals surface area contributed by atoms with Gasteiger partial charge in [0.1, 0.15) is 5.41 Å². The van der Waals surface area contributed by atoms with E-state index < -0.39 is 5.41 Å². The normalized spacial score (nSPS) is 15.8. The minimum absolute atomic E-state index is 0.0439. The van der Waals surface area contributed by atoms with Crippen LogP contribution in [0.2, 0.25) is 0 Å². The number of para-hydroxylation sites is 1. The molecule has 120 valence electrons. The number of amides is 2. The van der Waals surface area contributed by atoms with E-state index in [1.54, 1.807) is 0 Å². The van der Waals surface area contributed by atoms with Crippen LogP contribution in [0.5, 0.6) is 0 Å². The third-order valence-electron chi connectivity index (χ3n) is 4.20. The van der Waals surface area contributed by atoms with Crippen molar-refractivity contribution >= 4 is 17.5 Å². The second-order valence-corrected chi connectivity index (χ2v) is 6.86. The van der Waals surface area contributed by atoms with Gasteiger partial charge in [0, 0.05) is 11.7 Å². The Morgan fingerprint density at radius 1 is 1.09 bits per heavy atom. The lowest BCUT2D eigenvalue weighted by molar-refractivity contribution is -0.134. The summed E-state index contributed by atoms with van der Waals surface area (Å²) < 4.78 is 0. The molecule has 1 saturated carbocycles. The molecule has 0 bridgehead atoms. The fourth-order valence-electron chi connectivity index (χ4n) is 2.66. The summed E-state index contributed by atoms with van der Waals surface area (Å²) >= 11 is 0. The molecule has 0 atom stereocenters. The van der Waals surface area contributed by atoms with E-state index in [0.717, 1.165) is 16.8 Å². The fourth-order valence-corrected chi connectivity index (χ4v) is 2.66. The first-order valence-corrected chi connectivity index (χ1v) is 8.00. The molecule has 1 fully saturated rings. The van der Waals surface area contributed by atoms with Crippen LogP contribution in [0.1, 0.15) is 57.6 Å². The summed E-state index contributed by atoms with van der Waals surface area (Å²) in [6, 6.07) is 6.05. The molecule has 0 aliphatic heterocycles. The minimum Gasteiger partial charge on any atom is -0.353 e. The summed E-state index contributed by atoms with van der Waals surface area (Å²) in [6.07, 6.45) is 1.25. The van der Waals surface area contributed by atoms with E-state index in [1.165, 1.54) is 0 Å². The Hall–Kier alpha value is -1.84. The van der Waals surface area contributed by atoms with Crippen molar-refractivity contribution in [3.05, 3.63) is 29.3 Å². The summed E-state index contributed by atoms with van der Waals surface area (Å²) in [5, 5.41) is 5.88. The van der Waals surface area contributed by atoms with E-state index in [4.69, 9.17) is 0 Å². The SMILES string of the molecule is Cc1cccc(C(C)C)c1NC(=O)C1(C(=O)NC(C)C)CC1. The van der Waals surface area contributed by atoms with Crippen molar-refractivity contribution in [2.24, 2.45) is 5.41 Å². The van der Waals surface area contributed by atoms with Crippen LogP contribution in [0.3, 0.4) is 0 Å². The maximum absolute atomic E-state index is 12.7. The lowest BCUT2D eigenvalue weighted by atomic mass is 9.97. The van der Waals surface area contributed by atoms with Crippen LogP contribution in [-0.4, -0.2) is 17.9 Å². The van der Waals surface area contributed by atoms with Crippen molar-refractivity contribution in [3.8, 4) is 0 Å². The van der Waals surface area contributed by atoms with Crippen LogP contribution in [0.25, 0.3) is 0 Å². The molecule has 1 aromatic carbocycles. The quantitative estimate of drug-likeness (QED) is 0.819. The third kappa shape index (κ3) is 3.16. The van der Waals surface area contributed by atoms with Crippen LogP contribution < -0.4 is 10.6 Å². The van der Waals surface area contributed by atoms with Crippen molar-refractivity contribution in [3.63, 3.8) is 0 Å². The molecule has 2 N–H and O–H groups in total. The highest BCUT2D eigenvalue weighted by molar-refractivity contribution is 6.13. The molecule has 2 rings (SSSR count). The van der Waals surface area contributed by atoms with Crippen LogP contribution in [0.4, 0.5) is 5.69 Å². The molecule has 0 saturated heterocycles. The molecule has 4 nitrogen and oxygen atoms in total. The van der Waals surface area contributed by atoms with Crippen molar-refractivity contribution in [2.45, 2.75) is 59.4 Å². The number of aryl methyl sites for hydroxylation is 1. The van der Waals surface area contributed by atoms with Gasteiger partial charge in [-0.1, -0.05) is 32.0 Å². The summed E-state index contributed by atoms with van der Waals surface area (Å²) in [5.41, 5.74) is 2.11. The number of hydrogen-bond acceptors (Lipinski definition) is 2. The van der Waals surface area contributed by atoms with Crippen LogP contribution in [-0.2, 0) is 9.59 Å². The van der Waals surface area contributed by atoms with Crippen molar-refractivity contribution in [1.82, 2.24) is 5.32 Å². The zero-order chi connectivity index (χ0) is 16.5. The molecule has 0 heterocycles. The van der Waals surface area contributed by atoms with Crippen molar-refractivity contribution < 1.29 is 9.59 Å². The van der Waals surface area contributed by atoms with Crippen molar-refractivity contribution in [2.75, 3.05) is 5.32 Å². The van der Waals surface area contributed by atoms with Gasteiger partial charge < -0.3 is 10.6 Å². The Morgan fingerprint density at radius 2 is 1.73 bits per heavy atom. The molecule has 0 spiro atoms. The molecule has 0 unspecified atom stereocenters. The van der Waals surface area contributed by atoms with Gasteiger partial charge >= 0.3 is 0 Å². The molecule has 1 aromatic rings. The Balaban J connectivity index is 2.21. The van der Waals surface area contributed by atoms with Crippen LogP contribution in [0.15, 0.2) is 18.2 Å². The first-order chi connectivity index (χ1) is 10.3. The number of hydrogen-bond donors (Lipinski definition) is 2. The van der Waals surface area contributed by atoms with Gasteiger partial charge in [-0.15, -0.1) is 0 Å². The zero-order valence-electron chi connectivity index (χ0n) is 14.1.